The number of fused-ring (bicyclic) bond motifs is 1. The van der Waals surface area contributed by atoms with E-state index in [2.05, 4.69) is 49.9 Å². The fourth-order valence-corrected chi connectivity index (χ4v) is 3.92. The lowest BCUT2D eigenvalue weighted by Gasteiger charge is -2.36. The van der Waals surface area contributed by atoms with Gasteiger partial charge in [-0.15, -0.1) is 0 Å². The van der Waals surface area contributed by atoms with Crippen molar-refractivity contribution in [2.75, 3.05) is 32.9 Å². The Morgan fingerprint density at radius 2 is 2.00 bits per heavy atom. The van der Waals surface area contributed by atoms with Crippen molar-refractivity contribution in [3.05, 3.63) is 35.4 Å². The Bertz CT molecular complexity index is 505. The molecule has 3 rings (SSSR count). The van der Waals surface area contributed by atoms with Crippen LogP contribution in [-0.2, 0) is 16.7 Å². The van der Waals surface area contributed by atoms with E-state index in [1.54, 1.807) is 0 Å². The van der Waals surface area contributed by atoms with E-state index in [0.717, 1.165) is 32.7 Å². The third kappa shape index (κ3) is 3.08. The number of ether oxygens (including phenoxy) is 1. The summed E-state index contributed by atoms with van der Waals surface area (Å²) in [6.07, 6.45) is 1.08. The summed E-state index contributed by atoms with van der Waals surface area (Å²) in [5, 5.41) is 9.86. The van der Waals surface area contributed by atoms with Crippen molar-refractivity contribution in [3.63, 3.8) is 0 Å². The first-order valence-electron chi connectivity index (χ1n) is 8.43. The van der Waals surface area contributed by atoms with Crippen LogP contribution in [0.15, 0.2) is 24.3 Å². The zero-order valence-electron chi connectivity index (χ0n) is 14.1. The van der Waals surface area contributed by atoms with Crippen LogP contribution in [0.25, 0.3) is 0 Å². The zero-order chi connectivity index (χ0) is 15.8. The molecule has 0 unspecified atom stereocenters. The number of benzene rings is 1. The Morgan fingerprint density at radius 1 is 1.27 bits per heavy atom. The number of aliphatic hydroxyl groups excluding tert-OH is 1. The number of likely N-dealkylation sites (tertiary alicyclic amines) is 1. The summed E-state index contributed by atoms with van der Waals surface area (Å²) >= 11 is 0. The van der Waals surface area contributed by atoms with Crippen molar-refractivity contribution in [2.24, 2.45) is 11.3 Å². The fraction of sp³-hybridized carbons (Fsp3) is 0.684. The van der Waals surface area contributed by atoms with Gasteiger partial charge in [0.2, 0.25) is 0 Å². The third-order valence-electron chi connectivity index (χ3n) is 5.42. The average Bonchev–Trinajstić information content (AvgIpc) is 2.85. The Kier molecular flexibility index (Phi) is 4.32. The molecule has 2 atom stereocenters. The van der Waals surface area contributed by atoms with E-state index in [0.29, 0.717) is 12.5 Å². The summed E-state index contributed by atoms with van der Waals surface area (Å²) in [4.78, 5) is 2.49. The predicted molar refractivity (Wildman–Crippen MR) is 88.9 cm³/mol. The molecule has 0 radical (unpaired) electrons. The van der Waals surface area contributed by atoms with Crippen molar-refractivity contribution >= 4 is 0 Å². The van der Waals surface area contributed by atoms with Crippen LogP contribution in [0.4, 0.5) is 0 Å². The standard InChI is InChI=1S/C19H29NO2/c1-18(2,3)16-6-4-15(5-7-16)10-20-11-17-8-9-22-14-19(17,12-20)13-21/h4-7,17,21H,8-14H2,1-3H3/t17-,19+/m0/s1. The molecular formula is C19H29NO2. The molecule has 122 valence electrons. The van der Waals surface area contributed by atoms with E-state index in [1.807, 2.05) is 0 Å². The first kappa shape index (κ1) is 16.0. The average molecular weight is 303 g/mol. The molecule has 22 heavy (non-hydrogen) atoms. The van der Waals surface area contributed by atoms with E-state index < -0.39 is 0 Å². The van der Waals surface area contributed by atoms with Gasteiger partial charge in [-0.05, 0) is 28.9 Å². The molecule has 1 N–H and O–H groups in total. The van der Waals surface area contributed by atoms with E-state index in [-0.39, 0.29) is 17.4 Å². The summed E-state index contributed by atoms with van der Waals surface area (Å²) in [6.45, 7) is 11.6. The monoisotopic (exact) mass is 303 g/mol. The summed E-state index contributed by atoms with van der Waals surface area (Å²) in [5.41, 5.74) is 2.93. The topological polar surface area (TPSA) is 32.7 Å². The molecule has 1 aromatic carbocycles. The van der Waals surface area contributed by atoms with Gasteiger partial charge in [-0.3, -0.25) is 4.90 Å². The summed E-state index contributed by atoms with van der Waals surface area (Å²) in [5.74, 6) is 0.583. The van der Waals surface area contributed by atoms with Crippen molar-refractivity contribution in [1.82, 2.24) is 4.90 Å². The second-order valence-electron chi connectivity index (χ2n) is 8.18. The number of hydrogen-bond acceptors (Lipinski definition) is 3. The Labute approximate surface area is 134 Å². The van der Waals surface area contributed by atoms with Gasteiger partial charge in [0.05, 0.1) is 13.2 Å². The molecule has 0 amide bonds. The zero-order valence-corrected chi connectivity index (χ0v) is 14.1. The maximum absolute atomic E-state index is 9.86. The van der Waals surface area contributed by atoms with E-state index in [4.69, 9.17) is 4.74 Å². The Balaban J connectivity index is 1.67. The lowest BCUT2D eigenvalue weighted by molar-refractivity contribution is -0.0561. The molecule has 0 aromatic heterocycles. The normalized spacial score (nSPS) is 29.5. The molecule has 3 nitrogen and oxygen atoms in total. The molecule has 0 bridgehead atoms. The van der Waals surface area contributed by atoms with Gasteiger partial charge in [0.25, 0.3) is 0 Å². The molecular weight excluding hydrogens is 274 g/mol. The lowest BCUT2D eigenvalue weighted by Crippen LogP contribution is -2.42. The van der Waals surface area contributed by atoms with E-state index in [1.165, 1.54) is 11.1 Å². The van der Waals surface area contributed by atoms with Crippen LogP contribution in [0.2, 0.25) is 0 Å². The highest BCUT2D eigenvalue weighted by Gasteiger charge is 2.47. The van der Waals surface area contributed by atoms with Crippen molar-refractivity contribution < 1.29 is 9.84 Å². The molecule has 0 saturated carbocycles. The highest BCUT2D eigenvalue weighted by molar-refractivity contribution is 5.27. The van der Waals surface area contributed by atoms with Crippen LogP contribution >= 0.6 is 0 Å². The van der Waals surface area contributed by atoms with E-state index in [9.17, 15) is 5.11 Å². The maximum Gasteiger partial charge on any atom is 0.0559 e. The largest absolute Gasteiger partial charge is 0.396 e. The van der Waals surface area contributed by atoms with Crippen molar-refractivity contribution in [3.8, 4) is 0 Å². The van der Waals surface area contributed by atoms with Crippen LogP contribution < -0.4 is 0 Å². The molecule has 0 aliphatic carbocycles. The van der Waals surface area contributed by atoms with E-state index >= 15 is 0 Å². The first-order valence-corrected chi connectivity index (χ1v) is 8.43. The predicted octanol–water partition coefficient (Wildman–Crippen LogP) is 2.81. The van der Waals surface area contributed by atoms with Gasteiger partial charge in [-0.25, -0.2) is 0 Å². The van der Waals surface area contributed by atoms with Crippen molar-refractivity contribution in [1.29, 1.82) is 0 Å². The highest BCUT2D eigenvalue weighted by Crippen LogP contribution is 2.41. The minimum Gasteiger partial charge on any atom is -0.396 e. The second-order valence-corrected chi connectivity index (χ2v) is 8.18. The minimum absolute atomic E-state index is 0.0242. The number of aliphatic hydroxyl groups is 1. The molecule has 2 aliphatic rings. The fourth-order valence-electron chi connectivity index (χ4n) is 3.92. The number of rotatable bonds is 3. The van der Waals surface area contributed by atoms with Gasteiger partial charge < -0.3 is 9.84 Å². The van der Waals surface area contributed by atoms with Gasteiger partial charge in [-0.2, -0.15) is 0 Å². The SMILES string of the molecule is CC(C)(C)c1ccc(CN2C[C@@H]3CCOC[C@]3(CO)C2)cc1. The maximum atomic E-state index is 9.86. The van der Waals surface area contributed by atoms with Gasteiger partial charge in [-0.1, -0.05) is 45.0 Å². The van der Waals surface area contributed by atoms with Crippen LogP contribution in [0, 0.1) is 11.3 Å². The molecule has 3 heteroatoms. The molecule has 1 aromatic rings. The van der Waals surface area contributed by atoms with Crippen LogP contribution in [0.1, 0.15) is 38.3 Å². The minimum atomic E-state index is -0.0242. The van der Waals surface area contributed by atoms with Gasteiger partial charge in [0.15, 0.2) is 0 Å². The molecule has 2 saturated heterocycles. The molecule has 2 fully saturated rings. The molecule has 2 heterocycles. The second kappa shape index (κ2) is 5.95. The van der Waals surface area contributed by atoms with Gasteiger partial charge in [0.1, 0.15) is 0 Å². The van der Waals surface area contributed by atoms with Crippen LogP contribution in [0.3, 0.4) is 0 Å². The smallest absolute Gasteiger partial charge is 0.0559 e. The molecule has 2 aliphatic heterocycles. The Morgan fingerprint density at radius 3 is 2.59 bits per heavy atom. The quantitative estimate of drug-likeness (QED) is 0.932. The van der Waals surface area contributed by atoms with Crippen LogP contribution in [-0.4, -0.2) is 42.9 Å². The third-order valence-corrected chi connectivity index (χ3v) is 5.42. The summed E-state index contributed by atoms with van der Waals surface area (Å²) < 4.78 is 5.64. The summed E-state index contributed by atoms with van der Waals surface area (Å²) in [6, 6.07) is 9.02. The van der Waals surface area contributed by atoms with Gasteiger partial charge in [0, 0.05) is 31.7 Å². The van der Waals surface area contributed by atoms with Crippen molar-refractivity contribution in [2.45, 2.75) is 39.2 Å². The first-order chi connectivity index (χ1) is 10.4. The van der Waals surface area contributed by atoms with Crippen LogP contribution in [0.5, 0.6) is 0 Å². The Hall–Kier alpha value is -0.900. The number of hydrogen-bond donors (Lipinski definition) is 1. The highest BCUT2D eigenvalue weighted by atomic mass is 16.5. The summed E-state index contributed by atoms with van der Waals surface area (Å²) in [7, 11) is 0. The lowest BCUT2D eigenvalue weighted by atomic mass is 9.76. The molecule has 0 spiro atoms. The van der Waals surface area contributed by atoms with Gasteiger partial charge >= 0.3 is 0 Å². The number of nitrogens with zero attached hydrogens (tertiary/aromatic N) is 1.